The van der Waals surface area contributed by atoms with E-state index in [0.717, 1.165) is 21.2 Å². The van der Waals surface area contributed by atoms with Gasteiger partial charge in [-0.3, -0.25) is 0 Å². The van der Waals surface area contributed by atoms with Crippen LogP contribution in [0, 0.1) is 6.92 Å². The van der Waals surface area contributed by atoms with Crippen LogP contribution in [0.1, 0.15) is 16.7 Å². The summed E-state index contributed by atoms with van der Waals surface area (Å²) in [5.41, 5.74) is 3.99. The summed E-state index contributed by atoms with van der Waals surface area (Å²) >= 11 is 3.49. The van der Waals surface area contributed by atoms with Crippen LogP contribution in [0.2, 0.25) is 0 Å². The number of hydrogen-bond acceptors (Lipinski definition) is 3. The number of benzene rings is 2. The van der Waals surface area contributed by atoms with Gasteiger partial charge in [-0.2, -0.15) is 0 Å². The Kier molecular flexibility index (Phi) is 4.53. The molecule has 3 rings (SSSR count). The van der Waals surface area contributed by atoms with Gasteiger partial charge in [-0.1, -0.05) is 75.2 Å². The SMILES string of the molecule is Cc1cccc(C2=NOC(=O)/C2=C\C(Br)=C\c2ccccc2)c1. The summed E-state index contributed by atoms with van der Waals surface area (Å²) in [5, 5.41) is 3.92. The van der Waals surface area contributed by atoms with Gasteiger partial charge in [0.1, 0.15) is 5.71 Å². The number of rotatable bonds is 3. The van der Waals surface area contributed by atoms with Crippen LogP contribution in [0.4, 0.5) is 0 Å². The molecule has 23 heavy (non-hydrogen) atoms. The minimum absolute atomic E-state index is 0.439. The molecule has 4 heteroatoms. The number of hydrogen-bond donors (Lipinski definition) is 0. The monoisotopic (exact) mass is 367 g/mol. The van der Waals surface area contributed by atoms with Crippen LogP contribution >= 0.6 is 15.9 Å². The molecule has 0 spiro atoms. The van der Waals surface area contributed by atoms with Gasteiger partial charge in [-0.05, 0) is 30.7 Å². The first kappa shape index (κ1) is 15.4. The van der Waals surface area contributed by atoms with Crippen LogP contribution < -0.4 is 0 Å². The Bertz CT molecular complexity index is 835. The van der Waals surface area contributed by atoms with E-state index in [1.165, 1.54) is 0 Å². The average Bonchev–Trinajstić information content (AvgIpc) is 2.89. The number of aryl methyl sites for hydroxylation is 1. The Morgan fingerprint density at radius 2 is 1.91 bits per heavy atom. The molecule has 3 nitrogen and oxygen atoms in total. The quantitative estimate of drug-likeness (QED) is 0.586. The van der Waals surface area contributed by atoms with Crippen LogP contribution in [-0.4, -0.2) is 11.7 Å². The van der Waals surface area contributed by atoms with Crippen LogP contribution in [0.15, 0.2) is 75.9 Å². The maximum Gasteiger partial charge on any atom is 0.368 e. The van der Waals surface area contributed by atoms with Crippen molar-refractivity contribution >= 4 is 33.7 Å². The molecule has 0 saturated carbocycles. The molecule has 1 aliphatic heterocycles. The van der Waals surface area contributed by atoms with Crippen molar-refractivity contribution in [1.82, 2.24) is 0 Å². The first-order chi connectivity index (χ1) is 11.1. The number of carbonyl (C=O) groups is 1. The molecule has 0 aromatic heterocycles. The lowest BCUT2D eigenvalue weighted by Gasteiger charge is -2.02. The van der Waals surface area contributed by atoms with Crippen molar-refractivity contribution < 1.29 is 9.63 Å². The lowest BCUT2D eigenvalue weighted by molar-refractivity contribution is -0.136. The fourth-order valence-corrected chi connectivity index (χ4v) is 2.79. The second-order valence-corrected chi connectivity index (χ2v) is 6.10. The van der Waals surface area contributed by atoms with Crippen LogP contribution in [0.3, 0.4) is 0 Å². The molecule has 2 aromatic rings. The summed E-state index contributed by atoms with van der Waals surface area (Å²) in [6.45, 7) is 2.00. The highest BCUT2D eigenvalue weighted by atomic mass is 79.9. The maximum absolute atomic E-state index is 12.0. The highest BCUT2D eigenvalue weighted by molar-refractivity contribution is 9.12. The third-order valence-electron chi connectivity index (χ3n) is 3.37. The summed E-state index contributed by atoms with van der Waals surface area (Å²) < 4.78 is 0.776. The maximum atomic E-state index is 12.0. The molecule has 0 fully saturated rings. The predicted molar refractivity (Wildman–Crippen MR) is 95.2 cm³/mol. The molecule has 0 bridgehead atoms. The molecular formula is C19H14BrNO2. The minimum atomic E-state index is -0.445. The van der Waals surface area contributed by atoms with Gasteiger partial charge in [0, 0.05) is 10.0 Å². The lowest BCUT2D eigenvalue weighted by Crippen LogP contribution is -2.07. The zero-order valence-electron chi connectivity index (χ0n) is 12.5. The van der Waals surface area contributed by atoms with Crippen molar-refractivity contribution in [2.45, 2.75) is 6.92 Å². The summed E-state index contributed by atoms with van der Waals surface area (Å²) in [6, 6.07) is 17.7. The van der Waals surface area contributed by atoms with Gasteiger partial charge in [0.2, 0.25) is 0 Å². The number of carbonyl (C=O) groups excluding carboxylic acids is 1. The summed E-state index contributed by atoms with van der Waals surface area (Å²) in [7, 11) is 0. The largest absolute Gasteiger partial charge is 0.368 e. The molecule has 1 heterocycles. The van der Waals surface area contributed by atoms with E-state index < -0.39 is 5.97 Å². The van der Waals surface area contributed by atoms with Crippen molar-refractivity contribution in [3.63, 3.8) is 0 Å². The van der Waals surface area contributed by atoms with E-state index >= 15 is 0 Å². The van der Waals surface area contributed by atoms with Gasteiger partial charge in [-0.25, -0.2) is 4.79 Å². The smallest absolute Gasteiger partial charge is 0.312 e. The van der Waals surface area contributed by atoms with Crippen molar-refractivity contribution in [3.8, 4) is 0 Å². The molecule has 0 saturated heterocycles. The minimum Gasteiger partial charge on any atom is -0.312 e. The highest BCUT2D eigenvalue weighted by Crippen LogP contribution is 2.23. The van der Waals surface area contributed by atoms with E-state index in [-0.39, 0.29) is 0 Å². The summed E-state index contributed by atoms with van der Waals surface area (Å²) in [5.74, 6) is -0.445. The van der Waals surface area contributed by atoms with Gasteiger partial charge in [0.25, 0.3) is 0 Å². The Hall–Kier alpha value is -2.46. The van der Waals surface area contributed by atoms with Crippen molar-refractivity contribution in [2.24, 2.45) is 5.16 Å². The normalized spacial score (nSPS) is 16.4. The first-order valence-corrected chi connectivity index (χ1v) is 7.93. The Balaban J connectivity index is 1.95. The number of oxime groups is 1. The molecule has 0 unspecified atom stereocenters. The average molecular weight is 368 g/mol. The molecular weight excluding hydrogens is 354 g/mol. The molecule has 0 N–H and O–H groups in total. The fraction of sp³-hybridized carbons (Fsp3) is 0.0526. The third kappa shape index (κ3) is 3.66. The van der Waals surface area contributed by atoms with E-state index in [2.05, 4.69) is 21.1 Å². The fourth-order valence-electron chi connectivity index (χ4n) is 2.30. The van der Waals surface area contributed by atoms with E-state index in [1.54, 1.807) is 6.08 Å². The molecule has 0 radical (unpaired) electrons. The van der Waals surface area contributed by atoms with Crippen molar-refractivity contribution in [1.29, 1.82) is 0 Å². The standard InChI is InChI=1S/C19H14BrNO2/c1-13-6-5-9-15(10-13)18-17(19(22)23-21-18)12-16(20)11-14-7-3-2-4-8-14/h2-12H,1H3/b16-11-,17-12-. The molecule has 0 aliphatic carbocycles. The first-order valence-electron chi connectivity index (χ1n) is 7.14. The topological polar surface area (TPSA) is 38.7 Å². The number of nitrogens with zero attached hydrogens (tertiary/aromatic N) is 1. The van der Waals surface area contributed by atoms with Gasteiger partial charge in [0.05, 0.1) is 5.57 Å². The van der Waals surface area contributed by atoms with Crippen LogP contribution in [-0.2, 0) is 9.63 Å². The molecule has 2 aromatic carbocycles. The lowest BCUT2D eigenvalue weighted by atomic mass is 10.0. The van der Waals surface area contributed by atoms with E-state index in [4.69, 9.17) is 4.84 Å². The highest BCUT2D eigenvalue weighted by Gasteiger charge is 2.26. The molecule has 1 aliphatic rings. The van der Waals surface area contributed by atoms with Crippen LogP contribution in [0.5, 0.6) is 0 Å². The number of halogens is 1. The zero-order valence-corrected chi connectivity index (χ0v) is 14.1. The predicted octanol–water partition coefficient (Wildman–Crippen LogP) is 4.62. The Labute approximate surface area is 143 Å². The molecule has 114 valence electrons. The van der Waals surface area contributed by atoms with Gasteiger partial charge < -0.3 is 4.84 Å². The summed E-state index contributed by atoms with van der Waals surface area (Å²) in [6.07, 6.45) is 3.68. The zero-order chi connectivity index (χ0) is 16.2. The Morgan fingerprint density at radius 3 is 2.65 bits per heavy atom. The van der Waals surface area contributed by atoms with Gasteiger partial charge >= 0.3 is 5.97 Å². The van der Waals surface area contributed by atoms with E-state index in [1.807, 2.05) is 67.6 Å². The number of allylic oxidation sites excluding steroid dienone is 2. The van der Waals surface area contributed by atoms with Gasteiger partial charge in [-0.15, -0.1) is 0 Å². The van der Waals surface area contributed by atoms with E-state index in [0.29, 0.717) is 11.3 Å². The molecule has 0 amide bonds. The molecule has 0 atom stereocenters. The van der Waals surface area contributed by atoms with E-state index in [9.17, 15) is 4.79 Å². The van der Waals surface area contributed by atoms with Crippen LogP contribution in [0.25, 0.3) is 6.08 Å². The van der Waals surface area contributed by atoms with Gasteiger partial charge in [0.15, 0.2) is 0 Å². The second-order valence-electron chi connectivity index (χ2n) is 5.19. The second kappa shape index (κ2) is 6.75. The van der Waals surface area contributed by atoms with Crippen molar-refractivity contribution in [3.05, 3.63) is 87.4 Å². The Morgan fingerprint density at radius 1 is 1.13 bits per heavy atom. The van der Waals surface area contributed by atoms with Crippen molar-refractivity contribution in [2.75, 3.05) is 0 Å². The third-order valence-corrected chi connectivity index (χ3v) is 3.83. The summed E-state index contributed by atoms with van der Waals surface area (Å²) in [4.78, 5) is 16.8.